The van der Waals surface area contributed by atoms with Gasteiger partial charge >= 0.3 is 0 Å². The second-order valence-electron chi connectivity index (χ2n) is 6.20. The summed E-state index contributed by atoms with van der Waals surface area (Å²) in [6, 6.07) is 18.3. The van der Waals surface area contributed by atoms with Crippen molar-refractivity contribution in [1.82, 2.24) is 4.98 Å². The van der Waals surface area contributed by atoms with Crippen molar-refractivity contribution in [3.8, 4) is 22.4 Å². The Morgan fingerprint density at radius 3 is 2.38 bits per heavy atom. The van der Waals surface area contributed by atoms with E-state index in [0.717, 1.165) is 17.7 Å². The SMILES string of the molecule is CCCCc1ccc(-c2cc(-c3ccccc3S(=O)(=O)O)ccn2)cc1. The zero-order valence-corrected chi connectivity index (χ0v) is 15.4. The monoisotopic (exact) mass is 367 g/mol. The van der Waals surface area contributed by atoms with E-state index in [4.69, 9.17) is 0 Å². The van der Waals surface area contributed by atoms with Gasteiger partial charge in [0, 0.05) is 17.3 Å². The Labute approximate surface area is 154 Å². The van der Waals surface area contributed by atoms with Crippen molar-refractivity contribution in [1.29, 1.82) is 0 Å². The highest BCUT2D eigenvalue weighted by Gasteiger charge is 2.16. The first-order valence-corrected chi connectivity index (χ1v) is 10.1. The smallest absolute Gasteiger partial charge is 0.282 e. The fourth-order valence-corrected chi connectivity index (χ4v) is 3.62. The molecule has 0 radical (unpaired) electrons. The predicted molar refractivity (Wildman–Crippen MR) is 104 cm³/mol. The van der Waals surface area contributed by atoms with E-state index in [-0.39, 0.29) is 4.90 Å². The maximum Gasteiger partial charge on any atom is 0.295 e. The van der Waals surface area contributed by atoms with Crippen LogP contribution >= 0.6 is 0 Å². The molecule has 0 saturated carbocycles. The van der Waals surface area contributed by atoms with Gasteiger partial charge in [0.25, 0.3) is 10.1 Å². The molecule has 0 atom stereocenters. The zero-order valence-electron chi connectivity index (χ0n) is 14.6. The van der Waals surface area contributed by atoms with Crippen LogP contribution in [0.1, 0.15) is 25.3 Å². The van der Waals surface area contributed by atoms with Gasteiger partial charge < -0.3 is 0 Å². The lowest BCUT2D eigenvalue weighted by Crippen LogP contribution is -2.00. The van der Waals surface area contributed by atoms with Crippen molar-refractivity contribution in [2.75, 3.05) is 0 Å². The molecule has 26 heavy (non-hydrogen) atoms. The molecule has 1 heterocycles. The number of hydrogen-bond acceptors (Lipinski definition) is 3. The Hall–Kier alpha value is -2.50. The Morgan fingerprint density at radius 1 is 0.962 bits per heavy atom. The molecule has 0 aliphatic carbocycles. The van der Waals surface area contributed by atoms with Crippen LogP contribution in [0, 0.1) is 0 Å². The highest BCUT2D eigenvalue weighted by molar-refractivity contribution is 7.86. The summed E-state index contributed by atoms with van der Waals surface area (Å²) in [6.45, 7) is 2.17. The minimum Gasteiger partial charge on any atom is -0.282 e. The van der Waals surface area contributed by atoms with Gasteiger partial charge in [-0.15, -0.1) is 0 Å². The lowest BCUT2D eigenvalue weighted by Gasteiger charge is -2.09. The standard InChI is InChI=1S/C21H21NO3S/c1-2-3-6-16-9-11-17(12-10-16)20-15-18(13-14-22-20)19-7-4-5-8-21(19)26(23,24)25/h4-5,7-15H,2-3,6H2,1H3,(H,23,24,25). The number of nitrogens with zero attached hydrogens (tertiary/aromatic N) is 1. The van der Waals surface area contributed by atoms with Gasteiger partial charge in [-0.3, -0.25) is 9.54 Å². The normalized spacial score (nSPS) is 11.5. The molecule has 0 saturated heterocycles. The third-order valence-electron chi connectivity index (χ3n) is 4.30. The lowest BCUT2D eigenvalue weighted by atomic mass is 10.0. The predicted octanol–water partition coefficient (Wildman–Crippen LogP) is 5.00. The average Bonchev–Trinajstić information content (AvgIpc) is 2.66. The Balaban J connectivity index is 1.97. The van der Waals surface area contributed by atoms with Gasteiger partial charge in [-0.25, -0.2) is 0 Å². The average molecular weight is 367 g/mol. The van der Waals surface area contributed by atoms with Crippen molar-refractivity contribution >= 4 is 10.1 Å². The quantitative estimate of drug-likeness (QED) is 0.622. The minimum absolute atomic E-state index is 0.105. The van der Waals surface area contributed by atoms with Gasteiger partial charge in [0.1, 0.15) is 4.90 Å². The van der Waals surface area contributed by atoms with Crippen LogP contribution in [0.5, 0.6) is 0 Å². The molecule has 0 fully saturated rings. The molecule has 4 nitrogen and oxygen atoms in total. The molecule has 0 amide bonds. The molecule has 0 aliphatic rings. The third-order valence-corrected chi connectivity index (χ3v) is 5.22. The van der Waals surface area contributed by atoms with Crippen LogP contribution in [0.3, 0.4) is 0 Å². The van der Waals surface area contributed by atoms with Crippen LogP contribution in [0.15, 0.2) is 71.8 Å². The van der Waals surface area contributed by atoms with Crippen molar-refractivity contribution < 1.29 is 13.0 Å². The van der Waals surface area contributed by atoms with E-state index in [2.05, 4.69) is 24.0 Å². The summed E-state index contributed by atoms with van der Waals surface area (Å²) in [5.74, 6) is 0. The van der Waals surface area contributed by atoms with E-state index < -0.39 is 10.1 Å². The fraction of sp³-hybridized carbons (Fsp3) is 0.190. The summed E-state index contributed by atoms with van der Waals surface area (Å²) in [4.78, 5) is 4.30. The highest BCUT2D eigenvalue weighted by Crippen LogP contribution is 2.29. The number of pyridine rings is 1. The van der Waals surface area contributed by atoms with E-state index in [1.807, 2.05) is 18.2 Å². The summed E-state index contributed by atoms with van der Waals surface area (Å²) < 4.78 is 32.8. The summed E-state index contributed by atoms with van der Waals surface area (Å²) in [7, 11) is -4.29. The maximum atomic E-state index is 11.6. The molecular weight excluding hydrogens is 346 g/mol. The molecule has 0 aliphatic heterocycles. The van der Waals surface area contributed by atoms with E-state index in [0.29, 0.717) is 11.1 Å². The van der Waals surface area contributed by atoms with Crippen LogP contribution in [-0.4, -0.2) is 18.0 Å². The van der Waals surface area contributed by atoms with E-state index in [9.17, 15) is 13.0 Å². The van der Waals surface area contributed by atoms with E-state index >= 15 is 0 Å². The molecule has 2 aromatic carbocycles. The van der Waals surface area contributed by atoms with Gasteiger partial charge in [0.2, 0.25) is 0 Å². The van der Waals surface area contributed by atoms with Crippen LogP contribution in [0.25, 0.3) is 22.4 Å². The van der Waals surface area contributed by atoms with E-state index in [1.165, 1.54) is 24.5 Å². The Bertz CT molecular complexity index is 996. The first-order chi connectivity index (χ1) is 12.5. The summed E-state index contributed by atoms with van der Waals surface area (Å²) in [5, 5.41) is 0. The summed E-state index contributed by atoms with van der Waals surface area (Å²) in [6.07, 6.45) is 5.04. The number of hydrogen-bond donors (Lipinski definition) is 1. The number of benzene rings is 2. The van der Waals surface area contributed by atoms with Gasteiger partial charge in [0.15, 0.2) is 0 Å². The lowest BCUT2D eigenvalue weighted by molar-refractivity contribution is 0.483. The molecule has 0 spiro atoms. The molecule has 134 valence electrons. The maximum absolute atomic E-state index is 11.6. The molecular formula is C21H21NO3S. The van der Waals surface area contributed by atoms with Crippen LogP contribution < -0.4 is 0 Å². The fourth-order valence-electron chi connectivity index (χ4n) is 2.91. The largest absolute Gasteiger partial charge is 0.295 e. The highest BCUT2D eigenvalue weighted by atomic mass is 32.2. The zero-order chi connectivity index (χ0) is 18.6. The van der Waals surface area contributed by atoms with Crippen molar-refractivity contribution in [2.45, 2.75) is 31.1 Å². The van der Waals surface area contributed by atoms with Gasteiger partial charge in [0.05, 0.1) is 5.69 Å². The van der Waals surface area contributed by atoms with Crippen molar-refractivity contribution in [3.63, 3.8) is 0 Å². The van der Waals surface area contributed by atoms with Crippen LogP contribution in [0.2, 0.25) is 0 Å². The summed E-state index contributed by atoms with van der Waals surface area (Å²) in [5.41, 5.74) is 4.17. The van der Waals surface area contributed by atoms with Crippen LogP contribution in [-0.2, 0) is 16.5 Å². The molecule has 5 heteroatoms. The number of unbranched alkanes of at least 4 members (excludes halogenated alkanes) is 1. The molecule has 3 aromatic rings. The van der Waals surface area contributed by atoms with Crippen LogP contribution in [0.4, 0.5) is 0 Å². The molecule has 3 rings (SSSR count). The molecule has 0 bridgehead atoms. The van der Waals surface area contributed by atoms with Gasteiger partial charge in [-0.1, -0.05) is 55.8 Å². The van der Waals surface area contributed by atoms with Gasteiger partial charge in [-0.05, 0) is 42.2 Å². The molecule has 1 aromatic heterocycles. The number of rotatable bonds is 6. The first-order valence-electron chi connectivity index (χ1n) is 8.61. The number of aromatic nitrogens is 1. The van der Waals surface area contributed by atoms with Crippen molar-refractivity contribution in [3.05, 3.63) is 72.4 Å². The Morgan fingerprint density at radius 2 is 1.69 bits per heavy atom. The second kappa shape index (κ2) is 7.81. The first kappa shape index (κ1) is 18.3. The minimum atomic E-state index is -4.29. The molecule has 1 N–H and O–H groups in total. The van der Waals surface area contributed by atoms with E-state index in [1.54, 1.807) is 30.5 Å². The number of aryl methyl sites for hydroxylation is 1. The summed E-state index contributed by atoms with van der Waals surface area (Å²) >= 11 is 0. The topological polar surface area (TPSA) is 67.3 Å². The molecule has 0 unspecified atom stereocenters. The Kier molecular flexibility index (Phi) is 5.49. The second-order valence-corrected chi connectivity index (χ2v) is 7.59. The van der Waals surface area contributed by atoms with Gasteiger partial charge in [-0.2, -0.15) is 8.42 Å². The van der Waals surface area contributed by atoms with Crippen molar-refractivity contribution in [2.24, 2.45) is 0 Å². The third kappa shape index (κ3) is 4.18.